The predicted molar refractivity (Wildman–Crippen MR) is 74.3 cm³/mol. The normalized spacial score (nSPS) is 23.1. The summed E-state index contributed by atoms with van der Waals surface area (Å²) in [4.78, 5) is 12.9. The quantitative estimate of drug-likeness (QED) is 0.813. The van der Waals surface area contributed by atoms with E-state index in [1.165, 1.54) is 11.8 Å². The van der Waals surface area contributed by atoms with Gasteiger partial charge in [0.05, 0.1) is 18.5 Å². The molecule has 1 aromatic rings. The molecule has 20 heavy (non-hydrogen) atoms. The molecule has 2 aliphatic rings. The number of hydrogen-bond acceptors (Lipinski definition) is 6. The first-order valence-electron chi connectivity index (χ1n) is 6.81. The molecule has 0 bridgehead atoms. The minimum Gasteiger partial charge on any atom is -0.481 e. The van der Waals surface area contributed by atoms with E-state index in [1.54, 1.807) is 0 Å². The molecule has 1 aliphatic heterocycles. The number of carboxylic acid groups (broad SMARTS) is 1. The van der Waals surface area contributed by atoms with Crippen LogP contribution in [0.25, 0.3) is 0 Å². The van der Waals surface area contributed by atoms with Gasteiger partial charge < -0.3 is 14.7 Å². The van der Waals surface area contributed by atoms with Crippen LogP contribution in [0.15, 0.2) is 5.16 Å². The van der Waals surface area contributed by atoms with Gasteiger partial charge in [0.25, 0.3) is 0 Å². The molecule has 0 spiro atoms. The van der Waals surface area contributed by atoms with Crippen LogP contribution in [0.4, 0.5) is 5.95 Å². The van der Waals surface area contributed by atoms with Crippen LogP contribution in [0, 0.1) is 0 Å². The summed E-state index contributed by atoms with van der Waals surface area (Å²) in [6.45, 7) is 4.34. The molecule has 110 valence electrons. The van der Waals surface area contributed by atoms with Crippen LogP contribution in [0.5, 0.6) is 0 Å². The minimum atomic E-state index is -0.832. The molecule has 1 aliphatic carbocycles. The van der Waals surface area contributed by atoms with E-state index in [0.717, 1.165) is 31.9 Å². The van der Waals surface area contributed by atoms with Crippen molar-refractivity contribution in [2.75, 3.05) is 30.3 Å². The highest BCUT2D eigenvalue weighted by Crippen LogP contribution is 2.41. The summed E-state index contributed by atoms with van der Waals surface area (Å²) < 4.78 is 7.65. The van der Waals surface area contributed by atoms with Crippen molar-refractivity contribution in [2.24, 2.45) is 0 Å². The Kier molecular flexibility index (Phi) is 3.84. The fourth-order valence-electron chi connectivity index (χ4n) is 2.36. The van der Waals surface area contributed by atoms with Crippen LogP contribution in [0.3, 0.4) is 0 Å². The summed E-state index contributed by atoms with van der Waals surface area (Å²) >= 11 is 1.24. The zero-order valence-electron chi connectivity index (χ0n) is 11.4. The average molecular weight is 298 g/mol. The van der Waals surface area contributed by atoms with E-state index in [1.807, 2.05) is 6.92 Å². The van der Waals surface area contributed by atoms with Crippen molar-refractivity contribution >= 4 is 23.7 Å². The summed E-state index contributed by atoms with van der Waals surface area (Å²) in [5.41, 5.74) is 0. The molecule has 0 aromatic carbocycles. The molecule has 2 fully saturated rings. The van der Waals surface area contributed by atoms with Gasteiger partial charge in [0.2, 0.25) is 5.95 Å². The van der Waals surface area contributed by atoms with Crippen molar-refractivity contribution in [3.63, 3.8) is 0 Å². The van der Waals surface area contributed by atoms with Crippen LogP contribution in [0.2, 0.25) is 0 Å². The van der Waals surface area contributed by atoms with Crippen molar-refractivity contribution in [1.82, 2.24) is 14.8 Å². The first-order chi connectivity index (χ1) is 9.65. The second kappa shape index (κ2) is 5.61. The fourth-order valence-corrected chi connectivity index (χ4v) is 3.08. The van der Waals surface area contributed by atoms with Crippen molar-refractivity contribution in [2.45, 2.75) is 37.1 Å². The second-order valence-electron chi connectivity index (χ2n) is 5.19. The number of aliphatic carboxylic acids is 1. The van der Waals surface area contributed by atoms with Crippen molar-refractivity contribution in [3.05, 3.63) is 0 Å². The molecule has 1 N–H and O–H groups in total. The van der Waals surface area contributed by atoms with E-state index in [2.05, 4.69) is 19.7 Å². The van der Waals surface area contributed by atoms with Crippen molar-refractivity contribution < 1.29 is 14.6 Å². The summed E-state index contributed by atoms with van der Waals surface area (Å²) in [5.74, 6) is 0.0436. The zero-order valence-corrected chi connectivity index (χ0v) is 12.2. The lowest BCUT2D eigenvalue weighted by molar-refractivity contribution is -0.133. The number of morpholine rings is 1. The third-order valence-corrected chi connectivity index (χ3v) is 4.34. The molecule has 0 radical (unpaired) electrons. The number of carbonyl (C=O) groups is 1. The molecule has 2 heterocycles. The smallest absolute Gasteiger partial charge is 0.313 e. The lowest BCUT2D eigenvalue weighted by atomic mass is 10.3. The van der Waals surface area contributed by atoms with Gasteiger partial charge in [-0.25, -0.2) is 0 Å². The maximum Gasteiger partial charge on any atom is 0.313 e. The highest BCUT2D eigenvalue weighted by molar-refractivity contribution is 7.99. The van der Waals surface area contributed by atoms with Crippen LogP contribution in [-0.4, -0.2) is 57.4 Å². The zero-order chi connectivity index (χ0) is 14.1. The fraction of sp³-hybridized carbons (Fsp3) is 0.750. The van der Waals surface area contributed by atoms with Crippen molar-refractivity contribution in [1.29, 1.82) is 0 Å². The Morgan fingerprint density at radius 2 is 2.30 bits per heavy atom. The second-order valence-corrected chi connectivity index (χ2v) is 6.14. The standard InChI is InChI=1S/C12H18N4O3S/c1-8-6-15(4-5-19-8)11-13-14-12(20-7-10(17)18)16(11)9-2-3-9/h8-9H,2-7H2,1H3,(H,17,18). The number of aromatic nitrogens is 3. The summed E-state index contributed by atoms with van der Waals surface area (Å²) in [6, 6.07) is 0.425. The van der Waals surface area contributed by atoms with Gasteiger partial charge in [0.1, 0.15) is 0 Å². The maximum absolute atomic E-state index is 10.7. The molecule has 1 aromatic heterocycles. The largest absolute Gasteiger partial charge is 0.481 e. The van der Waals surface area contributed by atoms with Crippen LogP contribution < -0.4 is 4.90 Å². The van der Waals surface area contributed by atoms with Gasteiger partial charge in [-0.2, -0.15) is 0 Å². The van der Waals surface area contributed by atoms with E-state index >= 15 is 0 Å². The lowest BCUT2D eigenvalue weighted by Crippen LogP contribution is -2.42. The van der Waals surface area contributed by atoms with E-state index in [0.29, 0.717) is 17.8 Å². The van der Waals surface area contributed by atoms with Gasteiger partial charge in [-0.3, -0.25) is 9.36 Å². The predicted octanol–water partition coefficient (Wildman–Crippen LogP) is 1.01. The molecule has 1 saturated heterocycles. The lowest BCUT2D eigenvalue weighted by Gasteiger charge is -2.31. The van der Waals surface area contributed by atoms with Crippen LogP contribution in [-0.2, 0) is 9.53 Å². The van der Waals surface area contributed by atoms with Gasteiger partial charge in [-0.1, -0.05) is 11.8 Å². The SMILES string of the molecule is CC1CN(c2nnc(SCC(=O)O)n2C2CC2)CCO1. The number of anilines is 1. The first kappa shape index (κ1) is 13.7. The highest BCUT2D eigenvalue weighted by Gasteiger charge is 2.32. The Morgan fingerprint density at radius 3 is 2.95 bits per heavy atom. The number of carboxylic acids is 1. The van der Waals surface area contributed by atoms with Gasteiger partial charge in [0, 0.05) is 19.1 Å². The van der Waals surface area contributed by atoms with E-state index in [-0.39, 0.29) is 11.9 Å². The highest BCUT2D eigenvalue weighted by atomic mass is 32.2. The Labute approximate surface area is 121 Å². The number of ether oxygens (including phenoxy) is 1. The van der Waals surface area contributed by atoms with E-state index in [9.17, 15) is 4.79 Å². The van der Waals surface area contributed by atoms with Crippen LogP contribution in [0.1, 0.15) is 25.8 Å². The molecule has 7 nitrogen and oxygen atoms in total. The van der Waals surface area contributed by atoms with E-state index < -0.39 is 5.97 Å². The minimum absolute atomic E-state index is 0.0182. The van der Waals surface area contributed by atoms with Gasteiger partial charge in [-0.05, 0) is 19.8 Å². The number of rotatable bonds is 5. The molecule has 8 heteroatoms. The molecule has 0 amide bonds. The first-order valence-corrected chi connectivity index (χ1v) is 7.79. The summed E-state index contributed by atoms with van der Waals surface area (Å²) in [5, 5.41) is 18.0. The maximum atomic E-state index is 10.7. The number of thioether (sulfide) groups is 1. The summed E-state index contributed by atoms with van der Waals surface area (Å²) in [7, 11) is 0. The third kappa shape index (κ3) is 2.90. The van der Waals surface area contributed by atoms with Crippen molar-refractivity contribution in [3.8, 4) is 0 Å². The monoisotopic (exact) mass is 298 g/mol. The Hall–Kier alpha value is -1.28. The number of nitrogens with zero attached hydrogens (tertiary/aromatic N) is 4. The van der Waals surface area contributed by atoms with Gasteiger partial charge in [-0.15, -0.1) is 10.2 Å². The molecule has 1 saturated carbocycles. The van der Waals surface area contributed by atoms with Crippen LogP contribution >= 0.6 is 11.8 Å². The molecule has 1 atom stereocenters. The third-order valence-electron chi connectivity index (χ3n) is 3.41. The molecule has 1 unspecified atom stereocenters. The topological polar surface area (TPSA) is 80.5 Å². The van der Waals surface area contributed by atoms with Gasteiger partial charge in [0.15, 0.2) is 5.16 Å². The molecular formula is C12H18N4O3S. The molecular weight excluding hydrogens is 280 g/mol. The van der Waals surface area contributed by atoms with Gasteiger partial charge >= 0.3 is 5.97 Å². The Bertz CT molecular complexity index is 503. The average Bonchev–Trinajstić information content (AvgIpc) is 3.16. The Morgan fingerprint density at radius 1 is 1.50 bits per heavy atom. The number of hydrogen-bond donors (Lipinski definition) is 1. The Balaban J connectivity index is 1.81. The molecule has 3 rings (SSSR count). The summed E-state index contributed by atoms with van der Waals surface area (Å²) in [6.07, 6.45) is 2.42. The van der Waals surface area contributed by atoms with E-state index in [4.69, 9.17) is 9.84 Å².